The number of aliphatic hydroxyl groups is 2. The number of nitrogens with zero attached hydrogens (tertiary/aromatic N) is 3. The van der Waals surface area contributed by atoms with Crippen LogP contribution in [0, 0.1) is 17.8 Å². The molecule has 73 heavy (non-hydrogen) atoms. The number of anilines is 3. The maximum Gasteiger partial charge on any atom is 0.421 e. The van der Waals surface area contributed by atoms with E-state index < -0.39 is 65.0 Å². The minimum atomic E-state index is -2.15. The van der Waals surface area contributed by atoms with Crippen molar-refractivity contribution in [2.24, 2.45) is 5.92 Å². The number of cyclic esters (lactones) is 1. The van der Waals surface area contributed by atoms with Crippen LogP contribution in [-0.4, -0.2) is 110 Å². The van der Waals surface area contributed by atoms with Gasteiger partial charge in [-0.3, -0.25) is 19.3 Å². The summed E-state index contributed by atoms with van der Waals surface area (Å²) >= 11 is 0. The van der Waals surface area contributed by atoms with E-state index >= 15 is 14.4 Å². The van der Waals surface area contributed by atoms with Gasteiger partial charge in [-0.15, -0.1) is 0 Å². The summed E-state index contributed by atoms with van der Waals surface area (Å²) in [6.45, 7) is 1.96. The Kier molecular flexibility index (Phi) is 14.6. The van der Waals surface area contributed by atoms with E-state index in [4.69, 9.17) is 23.7 Å². The number of fused-ring (bicyclic) bond motifs is 3. The van der Waals surface area contributed by atoms with Crippen LogP contribution in [0.5, 0.6) is 5.75 Å². The lowest BCUT2D eigenvalue weighted by Gasteiger charge is -2.46. The Morgan fingerprint density at radius 2 is 1.48 bits per heavy atom. The molecule has 5 aromatic rings. The van der Waals surface area contributed by atoms with Crippen molar-refractivity contribution in [1.82, 2.24) is 4.90 Å². The molecule has 1 aliphatic carbocycles. The van der Waals surface area contributed by atoms with E-state index in [1.54, 1.807) is 54.6 Å². The maximum atomic E-state index is 16.7. The average molecular weight is 989 g/mol. The lowest BCUT2D eigenvalue weighted by molar-refractivity contribution is -0.177. The molecule has 0 radical (unpaired) electrons. The molecule has 3 saturated heterocycles. The van der Waals surface area contributed by atoms with Crippen molar-refractivity contribution < 1.29 is 53.1 Å². The molecule has 0 bridgehead atoms. The van der Waals surface area contributed by atoms with Crippen LogP contribution >= 0.6 is 0 Å². The van der Waals surface area contributed by atoms with Crippen LogP contribution in [0.15, 0.2) is 127 Å². The maximum absolute atomic E-state index is 16.7. The van der Waals surface area contributed by atoms with E-state index in [0.29, 0.717) is 61.5 Å². The Balaban J connectivity index is 1.25. The van der Waals surface area contributed by atoms with Gasteiger partial charge in [0.2, 0.25) is 11.8 Å². The highest BCUT2D eigenvalue weighted by Gasteiger charge is 2.76. The number of benzene rings is 5. The molecule has 5 aliphatic rings. The Labute approximate surface area is 424 Å². The van der Waals surface area contributed by atoms with Crippen molar-refractivity contribution in [1.29, 1.82) is 0 Å². The first-order valence-electron chi connectivity index (χ1n) is 25.2. The number of rotatable bonds is 12. The molecule has 1 saturated carbocycles. The van der Waals surface area contributed by atoms with E-state index in [1.807, 2.05) is 77.7 Å². The van der Waals surface area contributed by atoms with Gasteiger partial charge in [0, 0.05) is 42.7 Å². The number of aliphatic hydroxyl groups excluding tert-OH is 1. The molecule has 3 amide bonds. The normalized spacial score (nSPS) is 24.4. The molecule has 4 fully saturated rings. The van der Waals surface area contributed by atoms with E-state index in [0.717, 1.165) is 41.8 Å². The van der Waals surface area contributed by atoms with Crippen LogP contribution in [0.4, 0.5) is 21.9 Å². The molecule has 15 heteroatoms. The number of esters is 1. The number of carbonyl (C=O) groups excluding carboxylic acids is 4. The Morgan fingerprint density at radius 1 is 0.795 bits per heavy atom. The molecule has 0 aromatic heterocycles. The summed E-state index contributed by atoms with van der Waals surface area (Å²) in [7, 11) is 1.47. The van der Waals surface area contributed by atoms with Crippen LogP contribution in [0.1, 0.15) is 84.5 Å². The largest absolute Gasteiger partial charge is 0.491 e. The van der Waals surface area contributed by atoms with Crippen LogP contribution in [0.25, 0.3) is 0 Å². The zero-order chi connectivity index (χ0) is 50.5. The van der Waals surface area contributed by atoms with Crippen molar-refractivity contribution in [2.75, 3.05) is 75.0 Å². The molecule has 378 valence electrons. The first-order valence-corrected chi connectivity index (χ1v) is 25.2. The molecule has 4 heterocycles. The summed E-state index contributed by atoms with van der Waals surface area (Å²) in [5.74, 6) is 2.79. The third-order valence-electron chi connectivity index (χ3n) is 14.9. The average Bonchev–Trinajstić information content (AvgIpc) is 3.76. The van der Waals surface area contributed by atoms with Crippen LogP contribution in [0.2, 0.25) is 0 Å². The number of nitrogens with one attached hydrogen (secondary N) is 1. The summed E-state index contributed by atoms with van der Waals surface area (Å²) < 4.78 is 29.6. The number of methoxy groups -OCH3 is 1. The van der Waals surface area contributed by atoms with Crippen LogP contribution < -0.4 is 19.9 Å². The van der Waals surface area contributed by atoms with Gasteiger partial charge in [0.25, 0.3) is 0 Å². The van der Waals surface area contributed by atoms with E-state index in [-0.39, 0.29) is 43.4 Å². The molecule has 6 atom stereocenters. The van der Waals surface area contributed by atoms with Gasteiger partial charge in [0.1, 0.15) is 42.1 Å². The van der Waals surface area contributed by atoms with Gasteiger partial charge < -0.3 is 44.1 Å². The molecular weight excluding hydrogens is 929 g/mol. The Morgan fingerprint density at radius 3 is 2.18 bits per heavy atom. The number of para-hydroxylation sites is 1. The van der Waals surface area contributed by atoms with Crippen LogP contribution in [0.3, 0.4) is 0 Å². The zero-order valence-electron chi connectivity index (χ0n) is 40.8. The van der Waals surface area contributed by atoms with Gasteiger partial charge in [-0.1, -0.05) is 104 Å². The molecule has 3 N–H and O–H groups in total. The Hall–Kier alpha value is -7.06. The fourth-order valence-corrected chi connectivity index (χ4v) is 11.6. The standard InChI is InChI=1S/C58H60N4O11/c1-69-36-37-72-56(67)61-46-25-20-39(26-29-57(68)27-12-2-3-13-28-57)38-45(46)58(55(61)66)48(53(64)59-42-21-23-43(24-22-42)60-30-33-70-34-31-60)50-54(65)73-51(41-16-8-5-9-17-41)49(40-14-6-4-7-15-40)62(50)52(58)44-18-10-11-19-47(44)71-35-32-63/h4-11,14-25,38,48-52,63,68H,2-3,12-13,27-28,30-37H2,1H3,(H,59,64)/t48-,49-,50-,51+,52+,58-/m1/s1. The number of morpholine rings is 2. The fraction of sp³-hybridized carbons (Fsp3) is 0.379. The molecule has 4 aliphatic heterocycles. The van der Waals surface area contributed by atoms with E-state index in [9.17, 15) is 15.0 Å². The number of amides is 3. The SMILES string of the molecule is COCCOC(=O)N1C(=O)[C@@]2(c3cc(C#CC4(O)CCCCCC4)ccc31)[C@H](c1ccccc1OCCO)N1[C@H](c3ccccc3)[C@H](c3ccccc3)OC(=O)[C@H]1[C@@H]2C(=O)Nc1ccc(N2CCOCC2)cc1. The molecule has 5 aromatic carbocycles. The highest BCUT2D eigenvalue weighted by Crippen LogP contribution is 2.67. The van der Waals surface area contributed by atoms with Crippen molar-refractivity contribution in [2.45, 2.75) is 73.8 Å². The minimum Gasteiger partial charge on any atom is -0.491 e. The highest BCUT2D eigenvalue weighted by atomic mass is 16.6. The molecular formula is C58H60N4O11. The summed E-state index contributed by atoms with van der Waals surface area (Å²) in [6.07, 6.45) is 2.64. The van der Waals surface area contributed by atoms with Gasteiger partial charge in [0.05, 0.1) is 50.1 Å². The van der Waals surface area contributed by atoms with Crippen LogP contribution in [-0.2, 0) is 38.7 Å². The quantitative estimate of drug-likeness (QED) is 0.0488. The monoisotopic (exact) mass is 988 g/mol. The Bertz CT molecular complexity index is 2860. The highest BCUT2D eigenvalue weighted by molar-refractivity contribution is 6.24. The van der Waals surface area contributed by atoms with Crippen molar-refractivity contribution in [3.63, 3.8) is 0 Å². The van der Waals surface area contributed by atoms with Gasteiger partial charge in [-0.05, 0) is 90.9 Å². The van der Waals surface area contributed by atoms with Gasteiger partial charge >= 0.3 is 12.1 Å². The van der Waals surface area contributed by atoms with Crippen molar-refractivity contribution in [3.8, 4) is 17.6 Å². The topological polar surface area (TPSA) is 177 Å². The summed E-state index contributed by atoms with van der Waals surface area (Å²) in [4.78, 5) is 68.2. The second-order valence-corrected chi connectivity index (χ2v) is 19.2. The number of carbonyl (C=O) groups is 4. The van der Waals surface area contributed by atoms with Gasteiger partial charge in [-0.2, -0.15) is 0 Å². The number of imide groups is 1. The first kappa shape index (κ1) is 49.5. The van der Waals surface area contributed by atoms with E-state index in [1.165, 1.54) is 7.11 Å². The smallest absolute Gasteiger partial charge is 0.421 e. The summed E-state index contributed by atoms with van der Waals surface area (Å²) in [5, 5.41) is 25.1. The molecule has 1 spiro atoms. The number of hydrogen-bond acceptors (Lipinski definition) is 13. The summed E-state index contributed by atoms with van der Waals surface area (Å²) in [5.41, 5.74) is 0.511. The predicted octanol–water partition coefficient (Wildman–Crippen LogP) is 7.42. The minimum absolute atomic E-state index is 0.0398. The van der Waals surface area contributed by atoms with E-state index in [2.05, 4.69) is 22.1 Å². The number of ether oxygens (including phenoxy) is 5. The summed E-state index contributed by atoms with van der Waals surface area (Å²) in [6, 6.07) is 34.7. The lowest BCUT2D eigenvalue weighted by Crippen LogP contribution is -2.54. The van der Waals surface area contributed by atoms with Crippen molar-refractivity contribution in [3.05, 3.63) is 155 Å². The molecule has 10 rings (SSSR count). The zero-order valence-corrected chi connectivity index (χ0v) is 40.8. The van der Waals surface area contributed by atoms with Crippen molar-refractivity contribution >= 4 is 40.9 Å². The molecule has 0 unspecified atom stereocenters. The first-order chi connectivity index (χ1) is 35.7. The predicted molar refractivity (Wildman–Crippen MR) is 272 cm³/mol. The third-order valence-corrected chi connectivity index (χ3v) is 14.9. The fourth-order valence-electron chi connectivity index (χ4n) is 11.6. The third kappa shape index (κ3) is 9.46. The number of hydrogen-bond donors (Lipinski definition) is 3. The second kappa shape index (κ2) is 21.6. The van der Waals surface area contributed by atoms with Gasteiger partial charge in [-0.25, -0.2) is 9.69 Å². The molecule has 15 nitrogen and oxygen atoms in total. The lowest BCUT2D eigenvalue weighted by atomic mass is 9.65. The van der Waals surface area contributed by atoms with Gasteiger partial charge in [0.15, 0.2) is 0 Å². The second-order valence-electron chi connectivity index (χ2n) is 19.2.